The molecule has 0 spiro atoms. The molecule has 0 amide bonds. The van der Waals surface area contributed by atoms with Crippen LogP contribution in [0.4, 0.5) is 0 Å². The fraction of sp³-hybridized carbons (Fsp3) is 0.625. The van der Waals surface area contributed by atoms with Crippen LogP contribution in [0.15, 0.2) is 30.3 Å². The first-order chi connectivity index (χ1) is 8.86. The van der Waals surface area contributed by atoms with Crippen LogP contribution in [0.3, 0.4) is 0 Å². The van der Waals surface area contributed by atoms with Crippen LogP contribution in [0.5, 0.6) is 0 Å². The second-order valence-corrected chi connectivity index (χ2v) is 6.35. The summed E-state index contributed by atoms with van der Waals surface area (Å²) in [5.74, 6) is 0. The van der Waals surface area contributed by atoms with Gasteiger partial charge < -0.3 is 10.8 Å². The van der Waals surface area contributed by atoms with Gasteiger partial charge in [0.15, 0.2) is 0 Å². The van der Waals surface area contributed by atoms with E-state index in [2.05, 4.69) is 37.8 Å². The Morgan fingerprint density at radius 3 is 2.21 bits per heavy atom. The van der Waals surface area contributed by atoms with Crippen molar-refractivity contribution < 1.29 is 5.11 Å². The number of rotatable bonds is 6. The van der Waals surface area contributed by atoms with Crippen LogP contribution >= 0.6 is 0 Å². The molecule has 0 saturated carbocycles. The zero-order chi connectivity index (χ0) is 14.5. The van der Waals surface area contributed by atoms with Crippen molar-refractivity contribution in [1.29, 1.82) is 0 Å². The van der Waals surface area contributed by atoms with E-state index in [-0.39, 0.29) is 24.1 Å². The molecule has 19 heavy (non-hydrogen) atoms. The van der Waals surface area contributed by atoms with Gasteiger partial charge in [0, 0.05) is 25.2 Å². The van der Waals surface area contributed by atoms with Crippen LogP contribution in [-0.4, -0.2) is 35.2 Å². The maximum Gasteiger partial charge on any atom is 0.0558 e. The Kier molecular flexibility index (Phi) is 5.98. The predicted molar refractivity (Wildman–Crippen MR) is 80.8 cm³/mol. The van der Waals surface area contributed by atoms with Crippen molar-refractivity contribution in [3.8, 4) is 0 Å². The van der Waals surface area contributed by atoms with Crippen molar-refractivity contribution in [1.82, 2.24) is 4.90 Å². The minimum Gasteiger partial charge on any atom is -0.395 e. The minimum atomic E-state index is 0.0651. The zero-order valence-electron chi connectivity index (χ0n) is 12.6. The van der Waals surface area contributed by atoms with E-state index in [4.69, 9.17) is 5.73 Å². The van der Waals surface area contributed by atoms with E-state index in [1.807, 2.05) is 25.1 Å². The largest absolute Gasteiger partial charge is 0.395 e. The van der Waals surface area contributed by atoms with Gasteiger partial charge in [0.25, 0.3) is 0 Å². The fourth-order valence-corrected chi connectivity index (χ4v) is 2.93. The van der Waals surface area contributed by atoms with Crippen LogP contribution in [0, 0.1) is 5.41 Å². The summed E-state index contributed by atoms with van der Waals surface area (Å²) in [6, 6.07) is 10.6. The normalized spacial score (nSPS) is 15.5. The van der Waals surface area contributed by atoms with E-state index in [1.54, 1.807) is 0 Å². The predicted octanol–water partition coefficient (Wildman–Crippen LogP) is 2.24. The van der Waals surface area contributed by atoms with Crippen LogP contribution < -0.4 is 5.73 Å². The summed E-state index contributed by atoms with van der Waals surface area (Å²) in [4.78, 5) is 2.29. The molecule has 0 aromatic heterocycles. The van der Waals surface area contributed by atoms with E-state index in [0.717, 1.165) is 6.54 Å². The lowest BCUT2D eigenvalue weighted by atomic mass is 9.81. The molecule has 0 heterocycles. The molecular formula is C16H28N2O. The molecule has 3 nitrogen and oxygen atoms in total. The monoisotopic (exact) mass is 264 g/mol. The molecule has 0 radical (unpaired) electrons. The summed E-state index contributed by atoms with van der Waals surface area (Å²) in [5, 5.41) is 9.33. The number of nitrogens with zero attached hydrogens (tertiary/aromatic N) is 1. The highest BCUT2D eigenvalue weighted by molar-refractivity contribution is 5.15. The Balaban J connectivity index is 2.91. The Morgan fingerprint density at radius 2 is 1.79 bits per heavy atom. The van der Waals surface area contributed by atoms with E-state index in [1.165, 1.54) is 5.56 Å². The van der Waals surface area contributed by atoms with Gasteiger partial charge in [0.2, 0.25) is 0 Å². The molecule has 2 unspecified atom stereocenters. The molecule has 2 atom stereocenters. The van der Waals surface area contributed by atoms with Gasteiger partial charge in [-0.2, -0.15) is 0 Å². The highest BCUT2D eigenvalue weighted by Crippen LogP contribution is 2.27. The van der Waals surface area contributed by atoms with E-state index in [9.17, 15) is 5.11 Å². The van der Waals surface area contributed by atoms with Gasteiger partial charge >= 0.3 is 0 Å². The standard InChI is InChI=1S/C16H28N2O/c1-13(17)15(16(2,3)4)18(10-11-19)12-14-8-6-5-7-9-14/h5-9,13,15,19H,10-12,17H2,1-4H3. The number of benzene rings is 1. The summed E-state index contributed by atoms with van der Waals surface area (Å²) in [5.41, 5.74) is 7.52. The average molecular weight is 264 g/mol. The van der Waals surface area contributed by atoms with Gasteiger partial charge in [0.05, 0.1) is 6.61 Å². The quantitative estimate of drug-likeness (QED) is 0.828. The molecule has 0 aliphatic heterocycles. The Hall–Kier alpha value is -0.900. The first-order valence-electron chi connectivity index (χ1n) is 7.00. The summed E-state index contributed by atoms with van der Waals surface area (Å²) >= 11 is 0. The molecule has 0 aliphatic carbocycles. The summed E-state index contributed by atoms with van der Waals surface area (Å²) in [6.07, 6.45) is 0. The first-order valence-corrected chi connectivity index (χ1v) is 7.00. The van der Waals surface area contributed by atoms with Gasteiger partial charge in [-0.05, 0) is 17.9 Å². The number of hydrogen-bond donors (Lipinski definition) is 2. The third-order valence-corrected chi connectivity index (χ3v) is 3.39. The lowest BCUT2D eigenvalue weighted by molar-refractivity contribution is 0.0588. The van der Waals surface area contributed by atoms with Crippen molar-refractivity contribution in [2.45, 2.75) is 46.3 Å². The molecule has 0 fully saturated rings. The second kappa shape index (κ2) is 7.04. The lowest BCUT2D eigenvalue weighted by Gasteiger charge is -2.42. The van der Waals surface area contributed by atoms with E-state index in [0.29, 0.717) is 6.54 Å². The molecule has 1 aromatic rings. The second-order valence-electron chi connectivity index (χ2n) is 6.35. The Bertz CT molecular complexity index is 357. The topological polar surface area (TPSA) is 49.5 Å². The van der Waals surface area contributed by atoms with Gasteiger partial charge in [-0.1, -0.05) is 51.1 Å². The highest BCUT2D eigenvalue weighted by atomic mass is 16.3. The van der Waals surface area contributed by atoms with Crippen LogP contribution in [0.25, 0.3) is 0 Å². The van der Waals surface area contributed by atoms with E-state index >= 15 is 0 Å². The van der Waals surface area contributed by atoms with Crippen molar-refractivity contribution in [2.24, 2.45) is 11.1 Å². The zero-order valence-corrected chi connectivity index (χ0v) is 12.6. The molecule has 1 rings (SSSR count). The number of nitrogens with two attached hydrogens (primary N) is 1. The molecule has 108 valence electrons. The Labute approximate surface area is 117 Å². The van der Waals surface area contributed by atoms with Gasteiger partial charge in [-0.15, -0.1) is 0 Å². The molecule has 0 saturated heterocycles. The summed E-state index contributed by atoms with van der Waals surface area (Å²) < 4.78 is 0. The third kappa shape index (κ3) is 4.94. The SMILES string of the molecule is CC(N)C(N(CCO)Cc1ccccc1)C(C)(C)C. The minimum absolute atomic E-state index is 0.0651. The van der Waals surface area contributed by atoms with Crippen molar-refractivity contribution in [3.63, 3.8) is 0 Å². The molecular weight excluding hydrogens is 236 g/mol. The maximum absolute atomic E-state index is 9.33. The van der Waals surface area contributed by atoms with Gasteiger partial charge in [-0.3, -0.25) is 4.90 Å². The number of hydrogen-bond acceptors (Lipinski definition) is 3. The maximum atomic E-state index is 9.33. The van der Waals surface area contributed by atoms with Crippen LogP contribution in [0.2, 0.25) is 0 Å². The molecule has 1 aromatic carbocycles. The lowest BCUT2D eigenvalue weighted by Crippen LogP contribution is -2.54. The molecule has 0 bridgehead atoms. The third-order valence-electron chi connectivity index (χ3n) is 3.39. The van der Waals surface area contributed by atoms with Crippen LogP contribution in [0.1, 0.15) is 33.3 Å². The van der Waals surface area contributed by atoms with Gasteiger partial charge in [0.1, 0.15) is 0 Å². The van der Waals surface area contributed by atoms with Crippen molar-refractivity contribution >= 4 is 0 Å². The molecule has 3 heteroatoms. The average Bonchev–Trinajstić information content (AvgIpc) is 2.28. The van der Waals surface area contributed by atoms with Crippen LogP contribution in [-0.2, 0) is 6.54 Å². The first kappa shape index (κ1) is 16.2. The van der Waals surface area contributed by atoms with E-state index < -0.39 is 0 Å². The number of aliphatic hydroxyl groups excluding tert-OH is 1. The van der Waals surface area contributed by atoms with Gasteiger partial charge in [-0.25, -0.2) is 0 Å². The Morgan fingerprint density at radius 1 is 1.21 bits per heavy atom. The molecule has 0 aliphatic rings. The summed E-state index contributed by atoms with van der Waals surface area (Å²) in [6.45, 7) is 10.3. The number of aliphatic hydroxyl groups is 1. The molecule has 3 N–H and O–H groups in total. The van der Waals surface area contributed by atoms with Crippen molar-refractivity contribution in [3.05, 3.63) is 35.9 Å². The smallest absolute Gasteiger partial charge is 0.0558 e. The summed E-state index contributed by atoms with van der Waals surface area (Å²) in [7, 11) is 0. The highest BCUT2D eigenvalue weighted by Gasteiger charge is 2.32. The fourth-order valence-electron chi connectivity index (χ4n) is 2.93. The van der Waals surface area contributed by atoms with Crippen molar-refractivity contribution in [2.75, 3.05) is 13.2 Å².